The summed E-state index contributed by atoms with van der Waals surface area (Å²) in [5, 5.41) is 5.88. The van der Waals surface area contributed by atoms with E-state index in [0.29, 0.717) is 0 Å². The summed E-state index contributed by atoms with van der Waals surface area (Å²) in [5.41, 5.74) is 17.8. The van der Waals surface area contributed by atoms with Crippen molar-refractivity contribution in [3.63, 3.8) is 0 Å². The second kappa shape index (κ2) is 14.0. The molecular formula is C58H36N4O. The second-order valence-electron chi connectivity index (χ2n) is 16.2. The molecule has 0 bridgehead atoms. The van der Waals surface area contributed by atoms with Gasteiger partial charge in [0.1, 0.15) is 11.1 Å². The molecular weight excluding hydrogens is 769 g/mol. The maximum Gasteiger partial charge on any atom is 0.161 e. The Balaban J connectivity index is 0.947. The van der Waals surface area contributed by atoms with Gasteiger partial charge in [0.05, 0.1) is 39.1 Å². The van der Waals surface area contributed by atoms with Gasteiger partial charge in [-0.05, 0) is 89.5 Å². The summed E-state index contributed by atoms with van der Waals surface area (Å²) in [6.07, 6.45) is 1.87. The Labute approximate surface area is 362 Å². The molecule has 0 saturated carbocycles. The summed E-state index contributed by atoms with van der Waals surface area (Å²) in [5.74, 6) is 0. The van der Waals surface area contributed by atoms with E-state index in [9.17, 15) is 0 Å². The van der Waals surface area contributed by atoms with Gasteiger partial charge in [-0.2, -0.15) is 0 Å². The summed E-state index contributed by atoms with van der Waals surface area (Å²) in [4.78, 5) is 9.87. The van der Waals surface area contributed by atoms with Crippen molar-refractivity contribution in [2.75, 3.05) is 0 Å². The lowest BCUT2D eigenvalue weighted by atomic mass is 10.0. The zero-order valence-electron chi connectivity index (χ0n) is 34.0. The molecule has 63 heavy (non-hydrogen) atoms. The van der Waals surface area contributed by atoms with E-state index in [0.717, 1.165) is 94.8 Å². The monoisotopic (exact) mass is 804 g/mol. The van der Waals surface area contributed by atoms with Gasteiger partial charge in [0.2, 0.25) is 0 Å². The van der Waals surface area contributed by atoms with Gasteiger partial charge in [0.15, 0.2) is 5.58 Å². The molecule has 0 radical (unpaired) electrons. The Kier molecular flexibility index (Phi) is 7.84. The predicted octanol–water partition coefficient (Wildman–Crippen LogP) is 15.2. The third-order valence-corrected chi connectivity index (χ3v) is 12.6. The first-order chi connectivity index (χ1) is 31.2. The van der Waals surface area contributed by atoms with Gasteiger partial charge in [0.25, 0.3) is 0 Å². The Morgan fingerprint density at radius 2 is 0.889 bits per heavy atom. The first kappa shape index (κ1) is 35.2. The average Bonchev–Trinajstić information content (AvgIpc) is 4.02. The van der Waals surface area contributed by atoms with E-state index in [1.807, 2.05) is 30.5 Å². The highest BCUT2D eigenvalue weighted by molar-refractivity contribution is 6.13. The minimum Gasteiger partial charge on any atom is -0.454 e. The third-order valence-electron chi connectivity index (χ3n) is 12.6. The van der Waals surface area contributed by atoms with Gasteiger partial charge in [-0.25, -0.2) is 4.98 Å². The van der Waals surface area contributed by atoms with Gasteiger partial charge in [-0.15, -0.1) is 0 Å². The maximum atomic E-state index is 6.36. The van der Waals surface area contributed by atoms with E-state index in [1.165, 1.54) is 27.1 Å². The van der Waals surface area contributed by atoms with Crippen LogP contribution in [0.4, 0.5) is 0 Å². The number of pyridine rings is 2. The van der Waals surface area contributed by atoms with Crippen molar-refractivity contribution in [2.24, 2.45) is 0 Å². The molecule has 0 fully saturated rings. The molecule has 0 unspecified atom stereocenters. The minimum atomic E-state index is 0.808. The molecule has 0 spiro atoms. The fourth-order valence-electron chi connectivity index (χ4n) is 9.64. The van der Waals surface area contributed by atoms with Gasteiger partial charge in [-0.1, -0.05) is 140 Å². The largest absolute Gasteiger partial charge is 0.454 e. The van der Waals surface area contributed by atoms with Gasteiger partial charge in [0, 0.05) is 55.5 Å². The summed E-state index contributed by atoms with van der Waals surface area (Å²) >= 11 is 0. The second-order valence-corrected chi connectivity index (χ2v) is 16.2. The summed E-state index contributed by atoms with van der Waals surface area (Å²) < 4.78 is 11.1. The molecule has 5 heterocycles. The van der Waals surface area contributed by atoms with E-state index >= 15 is 0 Å². The topological polar surface area (TPSA) is 48.8 Å². The number of aromatic nitrogens is 4. The van der Waals surface area contributed by atoms with Crippen molar-refractivity contribution in [2.45, 2.75) is 0 Å². The lowest BCUT2D eigenvalue weighted by Crippen LogP contribution is -1.98. The van der Waals surface area contributed by atoms with Crippen LogP contribution in [0, 0.1) is 0 Å². The lowest BCUT2D eigenvalue weighted by Gasteiger charge is -2.13. The van der Waals surface area contributed by atoms with Crippen LogP contribution >= 0.6 is 0 Å². The highest BCUT2D eigenvalue weighted by Gasteiger charge is 2.19. The predicted molar refractivity (Wildman–Crippen MR) is 260 cm³/mol. The molecule has 5 nitrogen and oxygen atoms in total. The molecule has 294 valence electrons. The van der Waals surface area contributed by atoms with Crippen molar-refractivity contribution >= 4 is 65.7 Å². The molecule has 0 aliphatic rings. The molecule has 0 amide bonds. The number of benzene rings is 8. The van der Waals surface area contributed by atoms with Crippen LogP contribution in [0.25, 0.3) is 122 Å². The SMILES string of the molecule is c1ccc(-c2cc(-n3c4ccccc4c4cc(-c5ccc6c7ccccc7n(-c7ccc(-c8ccnc9c8oc8ccccc89)cc7)c6c5)ccc43)cc(-c3ccccc3)n2)cc1. The third kappa shape index (κ3) is 5.64. The number of rotatable bonds is 6. The van der Waals surface area contributed by atoms with Gasteiger partial charge < -0.3 is 13.6 Å². The van der Waals surface area contributed by atoms with E-state index in [4.69, 9.17) is 9.40 Å². The summed E-state index contributed by atoms with van der Waals surface area (Å²) in [6, 6.07) is 75.6. The number of fused-ring (bicyclic) bond motifs is 9. The maximum absolute atomic E-state index is 6.36. The number of hydrogen-bond donors (Lipinski definition) is 0. The van der Waals surface area contributed by atoms with Crippen LogP contribution in [-0.2, 0) is 0 Å². The van der Waals surface area contributed by atoms with Crippen LogP contribution < -0.4 is 0 Å². The zero-order chi connectivity index (χ0) is 41.4. The number of hydrogen-bond acceptors (Lipinski definition) is 3. The Bertz CT molecular complexity index is 3840. The molecule has 13 aromatic rings. The van der Waals surface area contributed by atoms with Crippen molar-refractivity contribution in [1.29, 1.82) is 0 Å². The van der Waals surface area contributed by atoms with Crippen molar-refractivity contribution < 1.29 is 4.42 Å². The van der Waals surface area contributed by atoms with E-state index in [1.54, 1.807) is 0 Å². The summed E-state index contributed by atoms with van der Waals surface area (Å²) in [6.45, 7) is 0. The first-order valence-corrected chi connectivity index (χ1v) is 21.3. The fraction of sp³-hybridized carbons (Fsp3) is 0. The molecule has 0 saturated heterocycles. The molecule has 5 heteroatoms. The molecule has 8 aromatic carbocycles. The normalized spacial score (nSPS) is 11.8. The Morgan fingerprint density at radius 3 is 1.60 bits per heavy atom. The van der Waals surface area contributed by atoms with Crippen LogP contribution in [0.15, 0.2) is 223 Å². The number of nitrogens with zero attached hydrogens (tertiary/aromatic N) is 4. The van der Waals surface area contributed by atoms with Crippen LogP contribution in [0.5, 0.6) is 0 Å². The first-order valence-electron chi connectivity index (χ1n) is 21.3. The highest BCUT2D eigenvalue weighted by Crippen LogP contribution is 2.40. The Hall–Kier alpha value is -8.54. The van der Waals surface area contributed by atoms with E-state index in [2.05, 4.69) is 202 Å². The van der Waals surface area contributed by atoms with Crippen molar-refractivity contribution in [3.8, 4) is 56.1 Å². The molecule has 0 N–H and O–H groups in total. The smallest absolute Gasteiger partial charge is 0.161 e. The van der Waals surface area contributed by atoms with Crippen molar-refractivity contribution in [3.05, 3.63) is 219 Å². The van der Waals surface area contributed by atoms with Crippen LogP contribution in [0.1, 0.15) is 0 Å². The quantitative estimate of drug-likeness (QED) is 0.168. The van der Waals surface area contributed by atoms with Crippen LogP contribution in [-0.4, -0.2) is 19.1 Å². The molecule has 13 rings (SSSR count). The average molecular weight is 805 g/mol. The summed E-state index contributed by atoms with van der Waals surface area (Å²) in [7, 11) is 0. The standard InChI is InChI=1S/C58H36N4O/c1-3-13-38(14-4-1)50-35-43(36-51(60-50)39-15-5-2-6-16-39)62-53-21-11-8-18-46(53)49-33-40(26-30-54(49)62)41-25-29-47-45-17-7-10-20-52(45)61(55(47)34-41)42-27-23-37(24-28-42)44-31-32-59-57-48-19-9-12-22-56(48)63-58(44)57/h1-36H. The highest BCUT2D eigenvalue weighted by atomic mass is 16.3. The fourth-order valence-corrected chi connectivity index (χ4v) is 9.64. The number of furan rings is 1. The van der Waals surface area contributed by atoms with Gasteiger partial charge >= 0.3 is 0 Å². The Morgan fingerprint density at radius 1 is 0.349 bits per heavy atom. The van der Waals surface area contributed by atoms with Crippen LogP contribution in [0.3, 0.4) is 0 Å². The minimum absolute atomic E-state index is 0.808. The number of para-hydroxylation sites is 3. The zero-order valence-corrected chi connectivity index (χ0v) is 34.0. The van der Waals surface area contributed by atoms with Crippen LogP contribution in [0.2, 0.25) is 0 Å². The molecule has 0 aliphatic carbocycles. The molecule has 0 aliphatic heterocycles. The van der Waals surface area contributed by atoms with E-state index in [-0.39, 0.29) is 0 Å². The van der Waals surface area contributed by atoms with E-state index < -0.39 is 0 Å². The van der Waals surface area contributed by atoms with Gasteiger partial charge in [-0.3, -0.25) is 4.98 Å². The molecule has 0 atom stereocenters. The van der Waals surface area contributed by atoms with Crippen molar-refractivity contribution in [1.82, 2.24) is 19.1 Å². The molecule has 5 aromatic heterocycles. The lowest BCUT2D eigenvalue weighted by molar-refractivity contribution is 0.669.